The van der Waals surface area contributed by atoms with Gasteiger partial charge in [0, 0.05) is 38.8 Å². The van der Waals surface area contributed by atoms with Crippen molar-refractivity contribution in [1.29, 1.82) is 0 Å². The number of aromatic nitrogens is 3. The Kier molecular flexibility index (Phi) is 5.28. The maximum atomic E-state index is 6.02. The van der Waals surface area contributed by atoms with Gasteiger partial charge in [0.05, 0.1) is 10.4 Å². The summed E-state index contributed by atoms with van der Waals surface area (Å²) >= 11 is 1.80. The van der Waals surface area contributed by atoms with Crippen LogP contribution in [0.15, 0.2) is 42.0 Å². The number of rotatable bonds is 6. The number of thiazole rings is 1. The lowest BCUT2D eigenvalue weighted by atomic mass is 10.2. The molecule has 0 unspecified atom stereocenters. The summed E-state index contributed by atoms with van der Waals surface area (Å²) in [7, 11) is 2.14. The fourth-order valence-corrected chi connectivity index (χ4v) is 3.73. The van der Waals surface area contributed by atoms with E-state index in [4.69, 9.17) is 5.73 Å². The van der Waals surface area contributed by atoms with E-state index >= 15 is 0 Å². The number of likely N-dealkylation sites (N-methyl/N-ethyl adjacent to an activating group) is 1. The summed E-state index contributed by atoms with van der Waals surface area (Å²) in [5, 5.41) is 0. The van der Waals surface area contributed by atoms with E-state index in [9.17, 15) is 0 Å². The molecule has 0 fully saturated rings. The van der Waals surface area contributed by atoms with Crippen molar-refractivity contribution in [2.45, 2.75) is 26.8 Å². The fourth-order valence-electron chi connectivity index (χ4n) is 2.75. The highest BCUT2D eigenvalue weighted by Crippen LogP contribution is 2.16. The second-order valence-electron chi connectivity index (χ2n) is 6.19. The van der Waals surface area contributed by atoms with Gasteiger partial charge < -0.3 is 10.6 Å². The van der Waals surface area contributed by atoms with E-state index in [0.29, 0.717) is 18.2 Å². The third kappa shape index (κ3) is 4.14. The highest BCUT2D eigenvalue weighted by atomic mass is 32.1. The lowest BCUT2D eigenvalue weighted by molar-refractivity contribution is -0.689. The molecule has 5 nitrogen and oxygen atoms in total. The zero-order valence-corrected chi connectivity index (χ0v) is 15.8. The standard InChI is InChI=1S/C19H24N5S/c1-14-18(9-10-23(3)17-7-5-4-6-8-17)25-13-24(14)12-16-11-21-15(2)22-19(16)20/h4-8,11,13H,9-10,12H2,1-3H3,(H2,20,21,22)/q+1. The van der Waals surface area contributed by atoms with Crippen LogP contribution in [0.4, 0.5) is 11.5 Å². The number of nitrogens with two attached hydrogens (primary N) is 1. The molecule has 0 saturated carbocycles. The van der Waals surface area contributed by atoms with Crippen molar-refractivity contribution in [1.82, 2.24) is 9.97 Å². The third-order valence-corrected chi connectivity index (χ3v) is 5.53. The normalized spacial score (nSPS) is 10.8. The minimum Gasteiger partial charge on any atom is -0.383 e. The highest BCUT2D eigenvalue weighted by molar-refractivity contribution is 7.09. The molecule has 2 aromatic heterocycles. The first kappa shape index (κ1) is 17.4. The first-order valence-electron chi connectivity index (χ1n) is 8.35. The Balaban J connectivity index is 1.67. The van der Waals surface area contributed by atoms with Gasteiger partial charge in [0.25, 0.3) is 0 Å². The van der Waals surface area contributed by atoms with E-state index in [2.05, 4.69) is 63.2 Å². The number of aryl methyl sites for hydroxylation is 1. The zero-order valence-electron chi connectivity index (χ0n) is 14.9. The molecule has 0 saturated heterocycles. The number of nitrogen functional groups attached to an aromatic ring is 1. The highest BCUT2D eigenvalue weighted by Gasteiger charge is 2.18. The van der Waals surface area contributed by atoms with Crippen molar-refractivity contribution < 1.29 is 4.57 Å². The summed E-state index contributed by atoms with van der Waals surface area (Å²) in [5.74, 6) is 1.27. The number of para-hydroxylation sites is 1. The van der Waals surface area contributed by atoms with E-state index in [1.807, 2.05) is 19.2 Å². The molecule has 0 atom stereocenters. The molecule has 130 valence electrons. The Morgan fingerprint density at radius 2 is 1.96 bits per heavy atom. The predicted octanol–water partition coefficient (Wildman–Crippen LogP) is 2.75. The van der Waals surface area contributed by atoms with Gasteiger partial charge in [0.15, 0.2) is 12.2 Å². The Morgan fingerprint density at radius 1 is 1.20 bits per heavy atom. The van der Waals surface area contributed by atoms with Crippen molar-refractivity contribution in [2.75, 3.05) is 24.2 Å². The molecule has 0 spiro atoms. The van der Waals surface area contributed by atoms with Crippen LogP contribution in [0.3, 0.4) is 0 Å². The summed E-state index contributed by atoms with van der Waals surface area (Å²) in [5.41, 5.74) is 11.7. The van der Waals surface area contributed by atoms with Crippen LogP contribution in [0.1, 0.15) is 22.0 Å². The van der Waals surface area contributed by atoms with Crippen molar-refractivity contribution >= 4 is 22.8 Å². The largest absolute Gasteiger partial charge is 0.383 e. The summed E-state index contributed by atoms with van der Waals surface area (Å²) in [6.07, 6.45) is 2.85. The van der Waals surface area contributed by atoms with Crippen LogP contribution in [0, 0.1) is 13.8 Å². The van der Waals surface area contributed by atoms with E-state index in [1.54, 1.807) is 11.3 Å². The predicted molar refractivity (Wildman–Crippen MR) is 103 cm³/mol. The molecule has 2 N–H and O–H groups in total. The lowest BCUT2D eigenvalue weighted by Gasteiger charge is -2.18. The third-order valence-electron chi connectivity index (χ3n) is 4.39. The summed E-state index contributed by atoms with van der Waals surface area (Å²) < 4.78 is 2.23. The van der Waals surface area contributed by atoms with Gasteiger partial charge in [-0.05, 0) is 19.1 Å². The zero-order chi connectivity index (χ0) is 17.8. The second kappa shape index (κ2) is 7.61. The van der Waals surface area contributed by atoms with Gasteiger partial charge >= 0.3 is 0 Å². The first-order valence-corrected chi connectivity index (χ1v) is 9.23. The molecule has 0 amide bonds. The molecule has 0 bridgehead atoms. The fraction of sp³-hybridized carbons (Fsp3) is 0.316. The van der Waals surface area contributed by atoms with Gasteiger partial charge in [-0.25, -0.2) is 9.97 Å². The van der Waals surface area contributed by atoms with Gasteiger partial charge in [-0.1, -0.05) is 29.5 Å². The van der Waals surface area contributed by atoms with Gasteiger partial charge in [-0.3, -0.25) is 0 Å². The van der Waals surface area contributed by atoms with E-state index in [0.717, 1.165) is 18.5 Å². The summed E-state index contributed by atoms with van der Waals surface area (Å²) in [4.78, 5) is 12.2. The minimum atomic E-state index is 0.566. The average Bonchev–Trinajstić information content (AvgIpc) is 2.96. The van der Waals surface area contributed by atoms with Crippen molar-refractivity contribution in [3.63, 3.8) is 0 Å². The van der Waals surface area contributed by atoms with Gasteiger partial charge in [0.2, 0.25) is 5.51 Å². The molecule has 3 aromatic rings. The van der Waals surface area contributed by atoms with Crippen LogP contribution in [0.25, 0.3) is 0 Å². The average molecular weight is 355 g/mol. The van der Waals surface area contributed by atoms with Crippen LogP contribution >= 0.6 is 11.3 Å². The molecule has 0 radical (unpaired) electrons. The molecule has 6 heteroatoms. The molecule has 0 aliphatic rings. The number of hydrogen-bond acceptors (Lipinski definition) is 5. The maximum absolute atomic E-state index is 6.02. The number of anilines is 2. The Hall–Kier alpha value is -2.47. The molecule has 2 heterocycles. The van der Waals surface area contributed by atoms with Gasteiger partial charge in [-0.2, -0.15) is 4.57 Å². The Bertz CT molecular complexity index is 844. The Morgan fingerprint density at radius 3 is 2.68 bits per heavy atom. The number of hydrogen-bond donors (Lipinski definition) is 1. The van der Waals surface area contributed by atoms with Gasteiger partial charge in [-0.15, -0.1) is 0 Å². The number of nitrogens with zero attached hydrogens (tertiary/aromatic N) is 4. The molecule has 3 rings (SSSR count). The monoisotopic (exact) mass is 354 g/mol. The maximum Gasteiger partial charge on any atom is 0.225 e. The van der Waals surface area contributed by atoms with Gasteiger partial charge in [0.1, 0.15) is 11.6 Å². The molecule has 0 aliphatic carbocycles. The SMILES string of the molecule is Cc1ncc(C[n+]2csc(CCN(C)c3ccccc3)c2C)c(N)n1. The summed E-state index contributed by atoms with van der Waals surface area (Å²) in [6.45, 7) is 5.72. The Labute approximate surface area is 152 Å². The number of benzene rings is 1. The second-order valence-corrected chi connectivity index (χ2v) is 7.13. The quantitative estimate of drug-likeness (QED) is 0.692. The van der Waals surface area contributed by atoms with Crippen molar-refractivity contribution in [3.8, 4) is 0 Å². The molecular formula is C19H24N5S+. The first-order chi connectivity index (χ1) is 12.0. The van der Waals surface area contributed by atoms with Crippen molar-refractivity contribution in [2.24, 2.45) is 0 Å². The van der Waals surface area contributed by atoms with Crippen LogP contribution in [0.5, 0.6) is 0 Å². The van der Waals surface area contributed by atoms with E-state index in [1.165, 1.54) is 16.3 Å². The van der Waals surface area contributed by atoms with Crippen molar-refractivity contribution in [3.05, 3.63) is 64.0 Å². The molecule has 1 aromatic carbocycles. The van der Waals surface area contributed by atoms with E-state index in [-0.39, 0.29) is 0 Å². The van der Waals surface area contributed by atoms with Crippen LogP contribution in [-0.2, 0) is 13.0 Å². The smallest absolute Gasteiger partial charge is 0.225 e. The molecular weight excluding hydrogens is 330 g/mol. The van der Waals surface area contributed by atoms with Crippen LogP contribution < -0.4 is 15.2 Å². The van der Waals surface area contributed by atoms with Crippen LogP contribution in [-0.4, -0.2) is 23.6 Å². The lowest BCUT2D eigenvalue weighted by Crippen LogP contribution is -2.35. The van der Waals surface area contributed by atoms with Crippen LogP contribution in [0.2, 0.25) is 0 Å². The minimum absolute atomic E-state index is 0.566. The molecule has 25 heavy (non-hydrogen) atoms. The molecule has 0 aliphatic heterocycles. The topological polar surface area (TPSA) is 58.9 Å². The summed E-state index contributed by atoms with van der Waals surface area (Å²) in [6, 6.07) is 10.5. The van der Waals surface area contributed by atoms with E-state index < -0.39 is 0 Å².